The van der Waals surface area contributed by atoms with E-state index in [1.165, 1.54) is 39.2 Å². The number of ether oxygens (including phenoxy) is 1. The fraction of sp³-hybridized carbons (Fsp3) is 0.923. The van der Waals surface area contributed by atoms with Crippen molar-refractivity contribution in [1.29, 1.82) is 0 Å². The van der Waals surface area contributed by atoms with E-state index in [0.29, 0.717) is 6.42 Å². The van der Waals surface area contributed by atoms with Crippen LogP contribution in [0.4, 0.5) is 0 Å². The SMILES string of the molecule is CCCCCCCCCCC(C(=O)OC)S(=O)[O-]. The Hall–Kier alpha value is -0.420. The van der Waals surface area contributed by atoms with Gasteiger partial charge >= 0.3 is 5.97 Å². The molecule has 5 heteroatoms. The van der Waals surface area contributed by atoms with Gasteiger partial charge < -0.3 is 9.29 Å². The van der Waals surface area contributed by atoms with Crippen LogP contribution < -0.4 is 0 Å². The molecule has 0 fully saturated rings. The predicted octanol–water partition coefficient (Wildman–Crippen LogP) is 2.94. The molecule has 0 aromatic rings. The van der Waals surface area contributed by atoms with Gasteiger partial charge in [-0.3, -0.25) is 9.00 Å². The fourth-order valence-electron chi connectivity index (χ4n) is 1.89. The average molecular weight is 277 g/mol. The molecule has 2 unspecified atom stereocenters. The Morgan fingerprint density at radius 3 is 2.06 bits per heavy atom. The number of methoxy groups -OCH3 is 1. The maximum atomic E-state index is 11.2. The Labute approximate surface area is 113 Å². The zero-order valence-corrected chi connectivity index (χ0v) is 12.3. The molecule has 18 heavy (non-hydrogen) atoms. The van der Waals surface area contributed by atoms with Crippen LogP contribution in [0.15, 0.2) is 0 Å². The molecule has 0 aliphatic carbocycles. The van der Waals surface area contributed by atoms with E-state index in [0.717, 1.165) is 19.3 Å². The molecule has 108 valence electrons. The normalized spacial score (nSPS) is 14.2. The molecule has 0 saturated heterocycles. The molecule has 0 aromatic carbocycles. The largest absolute Gasteiger partial charge is 0.772 e. The highest BCUT2D eigenvalue weighted by molar-refractivity contribution is 7.80. The smallest absolute Gasteiger partial charge is 0.320 e. The molecular formula is C13H25O4S-. The van der Waals surface area contributed by atoms with Gasteiger partial charge in [0.25, 0.3) is 0 Å². The van der Waals surface area contributed by atoms with Crippen molar-refractivity contribution in [2.45, 2.75) is 70.0 Å². The van der Waals surface area contributed by atoms with E-state index in [1.807, 2.05) is 0 Å². The molecule has 4 nitrogen and oxygen atoms in total. The summed E-state index contributed by atoms with van der Waals surface area (Å²) in [5.41, 5.74) is 0. The van der Waals surface area contributed by atoms with Gasteiger partial charge in [0.2, 0.25) is 0 Å². The first-order valence-corrected chi connectivity index (χ1v) is 7.93. The minimum atomic E-state index is -2.37. The van der Waals surface area contributed by atoms with Gasteiger partial charge in [-0.1, -0.05) is 58.3 Å². The second kappa shape index (κ2) is 11.7. The van der Waals surface area contributed by atoms with Crippen LogP contribution in [0.5, 0.6) is 0 Å². The van der Waals surface area contributed by atoms with Crippen molar-refractivity contribution in [3.63, 3.8) is 0 Å². The van der Waals surface area contributed by atoms with Crippen molar-refractivity contribution in [2.24, 2.45) is 0 Å². The maximum Gasteiger partial charge on any atom is 0.320 e. The summed E-state index contributed by atoms with van der Waals surface area (Å²) in [5.74, 6) is -0.647. The van der Waals surface area contributed by atoms with Gasteiger partial charge in [0.1, 0.15) is 5.25 Å². The van der Waals surface area contributed by atoms with Crippen LogP contribution in [0.2, 0.25) is 0 Å². The van der Waals surface area contributed by atoms with Gasteiger partial charge in [0.15, 0.2) is 0 Å². The number of hydrogen-bond acceptors (Lipinski definition) is 4. The first-order valence-electron chi connectivity index (χ1n) is 6.79. The molecule has 0 aliphatic heterocycles. The number of esters is 1. The first kappa shape index (κ1) is 17.6. The highest BCUT2D eigenvalue weighted by Crippen LogP contribution is 2.13. The summed E-state index contributed by atoms with van der Waals surface area (Å²) >= 11 is -2.37. The second-order valence-electron chi connectivity index (χ2n) is 4.54. The minimum absolute atomic E-state index is 0.373. The second-order valence-corrected chi connectivity index (χ2v) is 5.63. The third-order valence-corrected chi connectivity index (χ3v) is 3.91. The summed E-state index contributed by atoms with van der Waals surface area (Å²) in [6.45, 7) is 2.19. The lowest BCUT2D eigenvalue weighted by Gasteiger charge is -2.16. The van der Waals surface area contributed by atoms with E-state index in [-0.39, 0.29) is 0 Å². The van der Waals surface area contributed by atoms with E-state index in [1.54, 1.807) is 0 Å². The molecule has 0 N–H and O–H groups in total. The number of carbonyl (C=O) groups is 1. The van der Waals surface area contributed by atoms with Gasteiger partial charge in [-0.05, 0) is 17.5 Å². The van der Waals surface area contributed by atoms with Crippen molar-refractivity contribution < 1.29 is 18.3 Å². The van der Waals surface area contributed by atoms with E-state index in [2.05, 4.69) is 11.7 Å². The lowest BCUT2D eigenvalue weighted by Crippen LogP contribution is -2.27. The maximum absolute atomic E-state index is 11.2. The van der Waals surface area contributed by atoms with Gasteiger partial charge in [0, 0.05) is 0 Å². The van der Waals surface area contributed by atoms with Crippen molar-refractivity contribution in [1.82, 2.24) is 0 Å². The number of rotatable bonds is 11. The lowest BCUT2D eigenvalue weighted by atomic mass is 10.1. The Bertz CT molecular complexity index is 243. The summed E-state index contributed by atoms with van der Waals surface area (Å²) in [5, 5.41) is -0.991. The van der Waals surface area contributed by atoms with Crippen LogP contribution in [0.3, 0.4) is 0 Å². The molecule has 0 amide bonds. The number of unbranched alkanes of at least 4 members (excludes halogenated alkanes) is 7. The van der Waals surface area contributed by atoms with Gasteiger partial charge in [-0.15, -0.1) is 0 Å². The molecule has 0 spiro atoms. The lowest BCUT2D eigenvalue weighted by molar-refractivity contribution is -0.140. The van der Waals surface area contributed by atoms with E-state index >= 15 is 0 Å². The quantitative estimate of drug-likeness (QED) is 0.331. The van der Waals surface area contributed by atoms with E-state index < -0.39 is 22.3 Å². The number of carbonyl (C=O) groups excluding carboxylic acids is 1. The van der Waals surface area contributed by atoms with Crippen LogP contribution in [-0.4, -0.2) is 27.1 Å². The molecule has 0 aromatic heterocycles. The Kier molecular flexibility index (Phi) is 11.4. The minimum Gasteiger partial charge on any atom is -0.772 e. The van der Waals surface area contributed by atoms with Crippen molar-refractivity contribution in [3.8, 4) is 0 Å². The molecule has 0 saturated carbocycles. The zero-order chi connectivity index (χ0) is 13.8. The highest BCUT2D eigenvalue weighted by atomic mass is 32.2. The summed E-state index contributed by atoms with van der Waals surface area (Å²) < 4.78 is 26.1. The van der Waals surface area contributed by atoms with Gasteiger partial charge in [-0.2, -0.15) is 0 Å². The standard InChI is InChI=1S/C13H26O4S/c1-3-4-5-6-7-8-9-10-11-12(18(15)16)13(14)17-2/h12H,3-11H2,1-2H3,(H,15,16)/p-1. The van der Waals surface area contributed by atoms with Gasteiger partial charge in [0.05, 0.1) is 7.11 Å². The molecule has 0 rings (SSSR count). The third-order valence-electron chi connectivity index (χ3n) is 3.02. The van der Waals surface area contributed by atoms with Crippen LogP contribution in [0, 0.1) is 0 Å². The average Bonchev–Trinajstić information content (AvgIpc) is 2.35. The van der Waals surface area contributed by atoms with Crippen molar-refractivity contribution >= 4 is 17.0 Å². The molecular weight excluding hydrogens is 252 g/mol. The zero-order valence-electron chi connectivity index (χ0n) is 11.5. The van der Waals surface area contributed by atoms with Crippen LogP contribution in [0.1, 0.15) is 64.7 Å². The Morgan fingerprint density at radius 2 is 1.61 bits per heavy atom. The summed E-state index contributed by atoms with van der Waals surface area (Å²) in [4.78, 5) is 11.2. The highest BCUT2D eigenvalue weighted by Gasteiger charge is 2.19. The first-order chi connectivity index (χ1) is 8.63. The Balaban J connectivity index is 3.56. The fourth-order valence-corrected chi connectivity index (χ4v) is 2.50. The molecule has 0 bridgehead atoms. The van der Waals surface area contributed by atoms with Crippen molar-refractivity contribution in [3.05, 3.63) is 0 Å². The third kappa shape index (κ3) is 8.64. The van der Waals surface area contributed by atoms with Crippen molar-refractivity contribution in [2.75, 3.05) is 7.11 Å². The van der Waals surface area contributed by atoms with Crippen LogP contribution in [-0.2, 0) is 20.6 Å². The predicted molar refractivity (Wildman–Crippen MR) is 72.0 cm³/mol. The molecule has 0 radical (unpaired) electrons. The van der Waals surface area contributed by atoms with Crippen LogP contribution in [0.25, 0.3) is 0 Å². The number of hydrogen-bond donors (Lipinski definition) is 0. The topological polar surface area (TPSA) is 66.4 Å². The summed E-state index contributed by atoms with van der Waals surface area (Å²) in [6.07, 6.45) is 9.51. The van der Waals surface area contributed by atoms with Crippen LogP contribution >= 0.6 is 0 Å². The van der Waals surface area contributed by atoms with E-state index in [4.69, 9.17) is 0 Å². The molecule has 0 aliphatic rings. The van der Waals surface area contributed by atoms with Gasteiger partial charge in [-0.25, -0.2) is 0 Å². The monoisotopic (exact) mass is 277 g/mol. The van der Waals surface area contributed by atoms with E-state index in [9.17, 15) is 13.6 Å². The molecule has 0 heterocycles. The summed E-state index contributed by atoms with van der Waals surface area (Å²) in [7, 11) is 1.22. The Morgan fingerprint density at radius 1 is 1.11 bits per heavy atom. The molecule has 2 atom stereocenters. The summed E-state index contributed by atoms with van der Waals surface area (Å²) in [6, 6.07) is 0.